The molecule has 1 N–H and O–H groups in total. The van der Waals surface area contributed by atoms with E-state index in [1.807, 2.05) is 60.8 Å². The van der Waals surface area contributed by atoms with Crippen LogP contribution in [0.2, 0.25) is 0 Å². The summed E-state index contributed by atoms with van der Waals surface area (Å²) in [5.41, 5.74) is 2.49. The van der Waals surface area contributed by atoms with Crippen LogP contribution in [-0.2, 0) is 0 Å². The van der Waals surface area contributed by atoms with Crippen LogP contribution < -0.4 is 14.8 Å². The van der Waals surface area contributed by atoms with Gasteiger partial charge in [0.1, 0.15) is 28.0 Å². The van der Waals surface area contributed by atoms with E-state index in [9.17, 15) is 0 Å². The molecule has 2 aromatic carbocycles. The number of nitrogens with one attached hydrogen (secondary N) is 1. The van der Waals surface area contributed by atoms with Crippen LogP contribution in [-0.4, -0.2) is 22.1 Å². The third kappa shape index (κ3) is 3.94. The van der Waals surface area contributed by atoms with Crippen molar-refractivity contribution in [3.05, 3.63) is 71.9 Å². The fourth-order valence-corrected chi connectivity index (χ4v) is 3.34. The average molecular weight is 390 g/mol. The third-order valence-electron chi connectivity index (χ3n) is 4.00. The summed E-state index contributed by atoms with van der Waals surface area (Å²) in [7, 11) is 1.62. The first-order valence-electron chi connectivity index (χ1n) is 8.64. The van der Waals surface area contributed by atoms with Crippen molar-refractivity contribution in [3.8, 4) is 28.0 Å². The lowest BCUT2D eigenvalue weighted by molar-refractivity contribution is 0.415. The molecule has 140 valence electrons. The van der Waals surface area contributed by atoms with Crippen LogP contribution in [0.1, 0.15) is 5.56 Å². The van der Waals surface area contributed by atoms with Gasteiger partial charge in [-0.05, 0) is 36.8 Å². The highest BCUT2D eigenvalue weighted by Gasteiger charge is 2.12. The van der Waals surface area contributed by atoms with Gasteiger partial charge < -0.3 is 14.8 Å². The number of rotatable bonds is 6. The molecule has 28 heavy (non-hydrogen) atoms. The normalized spacial score (nSPS) is 10.5. The standard InChI is InChI=1S/C21H18N4O2S/c1-14-13-23-21(25-19(14)20-22-10-11-28-20)24-17-12-16(8-9-18(17)26-2)27-15-6-4-3-5-7-15/h3-13H,1-2H3,(H,23,24,25). The summed E-state index contributed by atoms with van der Waals surface area (Å²) in [5, 5.41) is 6.01. The summed E-state index contributed by atoms with van der Waals surface area (Å²) >= 11 is 1.54. The number of ether oxygens (including phenoxy) is 2. The molecule has 2 heterocycles. The van der Waals surface area contributed by atoms with Crippen molar-refractivity contribution < 1.29 is 9.47 Å². The zero-order chi connectivity index (χ0) is 19.3. The van der Waals surface area contributed by atoms with Gasteiger partial charge in [-0.3, -0.25) is 0 Å². The zero-order valence-electron chi connectivity index (χ0n) is 15.4. The van der Waals surface area contributed by atoms with Gasteiger partial charge in [0.2, 0.25) is 5.95 Å². The van der Waals surface area contributed by atoms with Crippen molar-refractivity contribution in [1.82, 2.24) is 15.0 Å². The van der Waals surface area contributed by atoms with E-state index in [-0.39, 0.29) is 0 Å². The number of thiazole rings is 1. The van der Waals surface area contributed by atoms with Crippen LogP contribution in [0.15, 0.2) is 66.3 Å². The minimum Gasteiger partial charge on any atom is -0.495 e. The third-order valence-corrected chi connectivity index (χ3v) is 4.78. The summed E-state index contributed by atoms with van der Waals surface area (Å²) in [6, 6.07) is 15.2. The molecule has 4 aromatic rings. The first-order valence-corrected chi connectivity index (χ1v) is 9.52. The first kappa shape index (κ1) is 17.9. The lowest BCUT2D eigenvalue weighted by Crippen LogP contribution is -2.01. The minimum atomic E-state index is 0.464. The number of aromatic nitrogens is 3. The van der Waals surface area contributed by atoms with Gasteiger partial charge in [-0.25, -0.2) is 15.0 Å². The van der Waals surface area contributed by atoms with Gasteiger partial charge in [0, 0.05) is 23.8 Å². The Kier molecular flexibility index (Phi) is 5.16. The molecule has 0 radical (unpaired) electrons. The zero-order valence-corrected chi connectivity index (χ0v) is 16.2. The van der Waals surface area contributed by atoms with Gasteiger partial charge >= 0.3 is 0 Å². The molecule has 0 fully saturated rings. The molecule has 0 aliphatic heterocycles. The molecule has 0 bridgehead atoms. The van der Waals surface area contributed by atoms with Gasteiger partial charge in [-0.15, -0.1) is 11.3 Å². The summed E-state index contributed by atoms with van der Waals surface area (Å²) in [5.74, 6) is 2.57. The summed E-state index contributed by atoms with van der Waals surface area (Å²) in [6.45, 7) is 1.97. The monoisotopic (exact) mass is 390 g/mol. The molecule has 0 spiro atoms. The highest BCUT2D eigenvalue weighted by Crippen LogP contribution is 2.33. The number of methoxy groups -OCH3 is 1. The second-order valence-corrected chi connectivity index (χ2v) is 6.86. The van der Waals surface area contributed by atoms with E-state index in [0.717, 1.165) is 22.0 Å². The highest BCUT2D eigenvalue weighted by molar-refractivity contribution is 7.13. The molecule has 0 aliphatic carbocycles. The van der Waals surface area contributed by atoms with Crippen LogP contribution in [0.3, 0.4) is 0 Å². The van der Waals surface area contributed by atoms with Gasteiger partial charge in [-0.2, -0.15) is 0 Å². The quantitative estimate of drug-likeness (QED) is 0.472. The fraction of sp³-hybridized carbons (Fsp3) is 0.0952. The summed E-state index contributed by atoms with van der Waals surface area (Å²) in [4.78, 5) is 13.4. The molecule has 0 aliphatic rings. The molecule has 4 rings (SSSR count). The smallest absolute Gasteiger partial charge is 0.227 e. The van der Waals surface area contributed by atoms with Crippen molar-refractivity contribution >= 4 is 23.0 Å². The van der Waals surface area contributed by atoms with Gasteiger partial charge in [-0.1, -0.05) is 18.2 Å². The van der Waals surface area contributed by atoms with Crippen molar-refractivity contribution in [1.29, 1.82) is 0 Å². The van der Waals surface area contributed by atoms with E-state index < -0.39 is 0 Å². The Hall–Kier alpha value is -3.45. The van der Waals surface area contributed by atoms with E-state index in [1.165, 1.54) is 0 Å². The Labute approximate surface area is 166 Å². The predicted octanol–water partition coefficient (Wildman–Crippen LogP) is 5.45. The molecule has 0 atom stereocenters. The van der Waals surface area contributed by atoms with Crippen molar-refractivity contribution in [3.63, 3.8) is 0 Å². The predicted molar refractivity (Wildman–Crippen MR) is 111 cm³/mol. The number of hydrogen-bond acceptors (Lipinski definition) is 7. The largest absolute Gasteiger partial charge is 0.495 e. The molecule has 2 aromatic heterocycles. The van der Waals surface area contributed by atoms with Crippen LogP contribution in [0, 0.1) is 6.92 Å². The van der Waals surface area contributed by atoms with Crippen LogP contribution in [0.5, 0.6) is 17.2 Å². The number of anilines is 2. The van der Waals surface area contributed by atoms with E-state index in [1.54, 1.807) is 30.8 Å². The van der Waals surface area contributed by atoms with Gasteiger partial charge in [0.05, 0.1) is 12.8 Å². The maximum Gasteiger partial charge on any atom is 0.227 e. The number of nitrogens with zero attached hydrogens (tertiary/aromatic N) is 3. The van der Waals surface area contributed by atoms with Crippen LogP contribution >= 0.6 is 11.3 Å². The number of benzene rings is 2. The SMILES string of the molecule is COc1ccc(Oc2ccccc2)cc1Nc1ncc(C)c(-c2nccs2)n1. The molecule has 0 unspecified atom stereocenters. The van der Waals surface area contributed by atoms with Crippen molar-refractivity contribution in [2.24, 2.45) is 0 Å². The van der Waals surface area contributed by atoms with Crippen molar-refractivity contribution in [2.45, 2.75) is 6.92 Å². The molecule has 0 amide bonds. The first-order chi connectivity index (χ1) is 13.7. The molecule has 6 nitrogen and oxygen atoms in total. The van der Waals surface area contributed by atoms with Gasteiger partial charge in [0.15, 0.2) is 0 Å². The molecular formula is C21H18N4O2S. The Morgan fingerprint density at radius 2 is 1.86 bits per heavy atom. The average Bonchev–Trinajstić information content (AvgIpc) is 3.25. The minimum absolute atomic E-state index is 0.464. The lowest BCUT2D eigenvalue weighted by atomic mass is 10.2. The second-order valence-electron chi connectivity index (χ2n) is 5.96. The van der Waals surface area contributed by atoms with Crippen LogP contribution in [0.4, 0.5) is 11.6 Å². The van der Waals surface area contributed by atoms with Gasteiger partial charge in [0.25, 0.3) is 0 Å². The Bertz CT molecular complexity index is 1070. The Balaban J connectivity index is 1.63. The maximum absolute atomic E-state index is 5.91. The number of hydrogen-bond donors (Lipinski definition) is 1. The van der Waals surface area contributed by atoms with Crippen molar-refractivity contribution in [2.75, 3.05) is 12.4 Å². The van der Waals surface area contributed by atoms with Crippen LogP contribution in [0.25, 0.3) is 10.7 Å². The highest BCUT2D eigenvalue weighted by atomic mass is 32.1. The van der Waals surface area contributed by atoms with E-state index in [4.69, 9.17) is 9.47 Å². The van der Waals surface area contributed by atoms with E-state index in [0.29, 0.717) is 23.1 Å². The molecule has 0 saturated heterocycles. The second kappa shape index (κ2) is 8.06. The van der Waals surface area contributed by atoms with E-state index in [2.05, 4.69) is 20.3 Å². The molecule has 0 saturated carbocycles. The topological polar surface area (TPSA) is 69.2 Å². The lowest BCUT2D eigenvalue weighted by Gasteiger charge is -2.13. The number of para-hydroxylation sites is 1. The Morgan fingerprint density at radius 1 is 1.00 bits per heavy atom. The van der Waals surface area contributed by atoms with E-state index >= 15 is 0 Å². The molecule has 7 heteroatoms. The Morgan fingerprint density at radius 3 is 2.61 bits per heavy atom. The molecular weight excluding hydrogens is 372 g/mol. The maximum atomic E-state index is 5.91. The number of aryl methyl sites for hydroxylation is 1. The fourth-order valence-electron chi connectivity index (χ4n) is 2.65. The summed E-state index contributed by atoms with van der Waals surface area (Å²) in [6.07, 6.45) is 3.55. The summed E-state index contributed by atoms with van der Waals surface area (Å²) < 4.78 is 11.4.